The van der Waals surface area contributed by atoms with Gasteiger partial charge in [0.05, 0.1) is 17.6 Å². The van der Waals surface area contributed by atoms with Gasteiger partial charge in [-0.1, -0.05) is 18.2 Å². The number of nitrogens with one attached hydrogen (secondary N) is 1. The lowest BCUT2D eigenvalue weighted by Crippen LogP contribution is -2.28. The smallest absolute Gasteiger partial charge is 0.339 e. The van der Waals surface area contributed by atoms with E-state index in [-0.39, 0.29) is 5.92 Å². The molecule has 0 aliphatic carbocycles. The third-order valence-electron chi connectivity index (χ3n) is 4.41. The summed E-state index contributed by atoms with van der Waals surface area (Å²) in [5.41, 5.74) is 4.38. The Morgan fingerprint density at radius 3 is 2.50 bits per heavy atom. The van der Waals surface area contributed by atoms with E-state index in [4.69, 9.17) is 0 Å². The van der Waals surface area contributed by atoms with E-state index in [9.17, 15) is 9.90 Å². The van der Waals surface area contributed by atoms with Crippen molar-refractivity contribution < 1.29 is 9.90 Å². The molecule has 0 radical (unpaired) electrons. The standard InChI is InChI=1S/C17H21N3O2/c1-11-4-3-5-12(2)15(11)20-16(13-6-8-18-9-7-13)14(10-19-20)17(21)22/h3-5,10,13,18H,6-9H2,1-2H3,(H,21,22). The lowest BCUT2D eigenvalue weighted by Gasteiger charge is -2.25. The van der Waals surface area contributed by atoms with Crippen molar-refractivity contribution in [1.82, 2.24) is 15.1 Å². The van der Waals surface area contributed by atoms with Crippen LogP contribution in [0.3, 0.4) is 0 Å². The van der Waals surface area contributed by atoms with Crippen LogP contribution in [0.1, 0.15) is 45.9 Å². The molecular formula is C17H21N3O2. The molecular weight excluding hydrogens is 278 g/mol. The summed E-state index contributed by atoms with van der Waals surface area (Å²) in [5, 5.41) is 17.3. The monoisotopic (exact) mass is 299 g/mol. The minimum Gasteiger partial charge on any atom is -0.478 e. The van der Waals surface area contributed by atoms with Crippen LogP contribution in [-0.2, 0) is 0 Å². The zero-order chi connectivity index (χ0) is 15.7. The van der Waals surface area contributed by atoms with Crippen LogP contribution in [0, 0.1) is 13.8 Å². The predicted molar refractivity (Wildman–Crippen MR) is 84.8 cm³/mol. The molecule has 2 N–H and O–H groups in total. The van der Waals surface area contributed by atoms with Crippen LogP contribution >= 0.6 is 0 Å². The lowest BCUT2D eigenvalue weighted by molar-refractivity contribution is 0.0694. The molecule has 2 heterocycles. The first-order chi connectivity index (χ1) is 10.6. The summed E-state index contributed by atoms with van der Waals surface area (Å²) in [6.45, 7) is 5.91. The number of hydrogen-bond donors (Lipinski definition) is 2. The average molecular weight is 299 g/mol. The highest BCUT2D eigenvalue weighted by atomic mass is 16.4. The number of carboxylic acids is 1. The van der Waals surface area contributed by atoms with Gasteiger partial charge in [-0.05, 0) is 50.9 Å². The Morgan fingerprint density at radius 2 is 1.91 bits per heavy atom. The largest absolute Gasteiger partial charge is 0.478 e. The fraction of sp³-hybridized carbons (Fsp3) is 0.412. The number of piperidine rings is 1. The number of benzene rings is 1. The molecule has 22 heavy (non-hydrogen) atoms. The summed E-state index contributed by atoms with van der Waals surface area (Å²) in [7, 11) is 0. The third kappa shape index (κ3) is 2.52. The minimum absolute atomic E-state index is 0.230. The first-order valence-electron chi connectivity index (χ1n) is 7.68. The molecule has 1 aliphatic heterocycles. The number of aromatic nitrogens is 2. The first kappa shape index (κ1) is 14.8. The van der Waals surface area contributed by atoms with Crippen LogP contribution in [0.2, 0.25) is 0 Å². The number of rotatable bonds is 3. The number of nitrogens with zero attached hydrogens (tertiary/aromatic N) is 2. The van der Waals surface area contributed by atoms with Gasteiger partial charge in [-0.25, -0.2) is 9.48 Å². The molecule has 1 fully saturated rings. The maximum Gasteiger partial charge on any atom is 0.339 e. The Balaban J connectivity index is 2.17. The van der Waals surface area contributed by atoms with E-state index < -0.39 is 5.97 Å². The van der Waals surface area contributed by atoms with Crippen molar-refractivity contribution in [3.05, 3.63) is 46.8 Å². The first-order valence-corrected chi connectivity index (χ1v) is 7.68. The topological polar surface area (TPSA) is 67.2 Å². The van der Waals surface area contributed by atoms with Gasteiger partial charge >= 0.3 is 5.97 Å². The van der Waals surface area contributed by atoms with E-state index >= 15 is 0 Å². The van der Waals surface area contributed by atoms with E-state index in [0.717, 1.165) is 48.4 Å². The van der Waals surface area contributed by atoms with E-state index in [1.54, 1.807) is 0 Å². The van der Waals surface area contributed by atoms with Crippen molar-refractivity contribution in [3.63, 3.8) is 0 Å². The van der Waals surface area contributed by atoms with Crippen LogP contribution in [0.5, 0.6) is 0 Å². The molecule has 3 rings (SSSR count). The second kappa shape index (κ2) is 5.93. The number of carbonyl (C=O) groups is 1. The molecule has 1 aromatic carbocycles. The van der Waals surface area contributed by atoms with Crippen LogP contribution < -0.4 is 5.32 Å². The van der Waals surface area contributed by atoms with Crippen LogP contribution in [0.15, 0.2) is 24.4 Å². The second-order valence-corrected chi connectivity index (χ2v) is 5.93. The summed E-state index contributed by atoms with van der Waals surface area (Å²) in [4.78, 5) is 11.6. The van der Waals surface area contributed by atoms with Crippen molar-refractivity contribution in [3.8, 4) is 5.69 Å². The van der Waals surface area contributed by atoms with Crippen molar-refractivity contribution in [1.29, 1.82) is 0 Å². The van der Waals surface area contributed by atoms with E-state index in [1.807, 2.05) is 36.7 Å². The normalized spacial score (nSPS) is 15.9. The summed E-state index contributed by atoms with van der Waals surface area (Å²) in [6.07, 6.45) is 3.37. The zero-order valence-corrected chi connectivity index (χ0v) is 13.0. The van der Waals surface area contributed by atoms with Gasteiger partial charge in [-0.3, -0.25) is 0 Å². The van der Waals surface area contributed by atoms with E-state index in [1.165, 1.54) is 6.20 Å². The number of para-hydroxylation sites is 1. The Bertz CT molecular complexity index is 680. The van der Waals surface area contributed by atoms with Crippen LogP contribution in [-0.4, -0.2) is 33.9 Å². The van der Waals surface area contributed by atoms with E-state index in [2.05, 4.69) is 10.4 Å². The van der Waals surface area contributed by atoms with Gasteiger partial charge in [-0.15, -0.1) is 0 Å². The van der Waals surface area contributed by atoms with Crippen LogP contribution in [0.4, 0.5) is 0 Å². The Hall–Kier alpha value is -2.14. The van der Waals surface area contributed by atoms with Gasteiger partial charge in [0, 0.05) is 5.92 Å². The molecule has 5 heteroatoms. The molecule has 2 aromatic rings. The van der Waals surface area contributed by atoms with Gasteiger partial charge in [0.15, 0.2) is 0 Å². The lowest BCUT2D eigenvalue weighted by atomic mass is 9.91. The quantitative estimate of drug-likeness (QED) is 0.914. The molecule has 1 aliphatic rings. The maximum absolute atomic E-state index is 11.6. The molecule has 0 spiro atoms. The Labute approximate surface area is 130 Å². The molecule has 0 amide bonds. The van der Waals surface area contributed by atoms with Gasteiger partial charge in [0.2, 0.25) is 0 Å². The summed E-state index contributed by atoms with van der Waals surface area (Å²) in [5.74, 6) is -0.667. The highest BCUT2D eigenvalue weighted by Gasteiger charge is 2.27. The van der Waals surface area contributed by atoms with E-state index in [0.29, 0.717) is 5.56 Å². The van der Waals surface area contributed by atoms with Gasteiger partial charge in [0.25, 0.3) is 0 Å². The predicted octanol–water partition coefficient (Wildman–Crippen LogP) is 2.65. The van der Waals surface area contributed by atoms with Gasteiger partial charge < -0.3 is 10.4 Å². The fourth-order valence-corrected chi connectivity index (χ4v) is 3.33. The number of aryl methyl sites for hydroxylation is 2. The summed E-state index contributed by atoms with van der Waals surface area (Å²) < 4.78 is 1.85. The minimum atomic E-state index is -0.897. The molecule has 116 valence electrons. The average Bonchev–Trinajstić information content (AvgIpc) is 2.93. The van der Waals surface area contributed by atoms with Crippen molar-refractivity contribution in [2.45, 2.75) is 32.6 Å². The third-order valence-corrected chi connectivity index (χ3v) is 4.41. The van der Waals surface area contributed by atoms with Crippen LogP contribution in [0.25, 0.3) is 5.69 Å². The number of aromatic carboxylic acids is 1. The number of hydrogen-bond acceptors (Lipinski definition) is 3. The Morgan fingerprint density at radius 1 is 1.27 bits per heavy atom. The molecule has 5 nitrogen and oxygen atoms in total. The molecule has 1 saturated heterocycles. The molecule has 0 atom stereocenters. The fourth-order valence-electron chi connectivity index (χ4n) is 3.33. The maximum atomic E-state index is 11.6. The number of carboxylic acid groups (broad SMARTS) is 1. The van der Waals surface area contributed by atoms with Crippen molar-refractivity contribution in [2.75, 3.05) is 13.1 Å². The zero-order valence-electron chi connectivity index (χ0n) is 13.0. The van der Waals surface area contributed by atoms with Gasteiger partial charge in [-0.2, -0.15) is 5.10 Å². The molecule has 0 saturated carbocycles. The SMILES string of the molecule is Cc1cccc(C)c1-n1ncc(C(=O)O)c1C1CCNCC1. The highest BCUT2D eigenvalue weighted by molar-refractivity contribution is 5.89. The summed E-state index contributed by atoms with van der Waals surface area (Å²) >= 11 is 0. The van der Waals surface area contributed by atoms with Crippen molar-refractivity contribution in [2.24, 2.45) is 0 Å². The molecule has 0 bridgehead atoms. The molecule has 1 aromatic heterocycles. The molecule has 0 unspecified atom stereocenters. The highest BCUT2D eigenvalue weighted by Crippen LogP contribution is 2.31. The van der Waals surface area contributed by atoms with Crippen molar-refractivity contribution >= 4 is 5.97 Å². The van der Waals surface area contributed by atoms with Gasteiger partial charge in [0.1, 0.15) is 5.56 Å². The Kier molecular flexibility index (Phi) is 3.98. The summed E-state index contributed by atoms with van der Waals surface area (Å²) in [6, 6.07) is 6.09. The second-order valence-electron chi connectivity index (χ2n) is 5.93.